The number of urea groups is 1. The molecule has 0 aliphatic heterocycles. The Balaban J connectivity index is 2.10. The average Bonchev–Trinajstić information content (AvgIpc) is 2.93. The Hall–Kier alpha value is -3.42. The Morgan fingerprint density at radius 3 is 2.34 bits per heavy atom. The van der Waals surface area contributed by atoms with Crippen LogP contribution in [-0.4, -0.2) is 41.2 Å². The number of ketones is 2. The molecule has 0 fully saturated rings. The highest BCUT2D eigenvalue weighted by Crippen LogP contribution is 2.20. The maximum Gasteiger partial charge on any atom is 0.340 e. The van der Waals surface area contributed by atoms with Crippen molar-refractivity contribution in [1.82, 2.24) is 10.3 Å². The van der Waals surface area contributed by atoms with E-state index in [0.29, 0.717) is 16.8 Å². The topological polar surface area (TPSA) is 117 Å². The fourth-order valence-corrected chi connectivity index (χ4v) is 3.03. The molecule has 0 atom stereocenters. The number of ether oxygens (including phenoxy) is 1. The number of aromatic nitrogens is 1. The molecule has 154 valence electrons. The van der Waals surface area contributed by atoms with Crippen LogP contribution in [0.25, 0.3) is 0 Å². The van der Waals surface area contributed by atoms with Gasteiger partial charge in [0.05, 0.1) is 16.9 Å². The van der Waals surface area contributed by atoms with E-state index in [0.717, 1.165) is 0 Å². The van der Waals surface area contributed by atoms with Crippen LogP contribution in [0.3, 0.4) is 0 Å². The zero-order valence-electron chi connectivity index (χ0n) is 17.1. The second kappa shape index (κ2) is 9.18. The summed E-state index contributed by atoms with van der Waals surface area (Å²) in [6.45, 7) is 7.93. The average molecular weight is 399 g/mol. The quantitative estimate of drug-likeness (QED) is 0.487. The molecule has 2 aromatic rings. The monoisotopic (exact) mass is 399 g/mol. The van der Waals surface area contributed by atoms with Crippen molar-refractivity contribution in [1.29, 1.82) is 0 Å². The summed E-state index contributed by atoms with van der Waals surface area (Å²) < 4.78 is 5.15. The Bertz CT molecular complexity index is 959. The summed E-state index contributed by atoms with van der Waals surface area (Å²) >= 11 is 0. The number of Topliss-reactive ketones (excluding diaryl/α,β-unsaturated/α-hetero) is 2. The molecule has 2 rings (SSSR count). The van der Waals surface area contributed by atoms with Gasteiger partial charge < -0.3 is 20.4 Å². The molecule has 0 aliphatic carbocycles. The highest BCUT2D eigenvalue weighted by Gasteiger charge is 2.22. The third-order valence-electron chi connectivity index (χ3n) is 4.22. The fraction of sp³-hybridized carbons (Fsp3) is 0.333. The van der Waals surface area contributed by atoms with E-state index in [-0.39, 0.29) is 28.8 Å². The minimum absolute atomic E-state index is 0.0703. The van der Waals surface area contributed by atoms with E-state index >= 15 is 0 Å². The molecule has 3 N–H and O–H groups in total. The Labute approximate surface area is 169 Å². The van der Waals surface area contributed by atoms with E-state index in [1.165, 1.54) is 13.0 Å². The largest absolute Gasteiger partial charge is 0.454 e. The van der Waals surface area contributed by atoms with E-state index in [9.17, 15) is 19.2 Å². The number of anilines is 1. The number of carbonyl (C=O) groups excluding carboxylic acids is 4. The molecule has 8 nitrogen and oxygen atoms in total. The minimum Gasteiger partial charge on any atom is -0.454 e. The van der Waals surface area contributed by atoms with Gasteiger partial charge in [0, 0.05) is 17.3 Å². The number of hydrogen-bond donors (Lipinski definition) is 3. The van der Waals surface area contributed by atoms with Gasteiger partial charge in [0.2, 0.25) is 5.78 Å². The van der Waals surface area contributed by atoms with Crippen LogP contribution >= 0.6 is 0 Å². The van der Waals surface area contributed by atoms with Gasteiger partial charge in [-0.1, -0.05) is 12.1 Å². The highest BCUT2D eigenvalue weighted by molar-refractivity contribution is 6.05. The first-order valence-corrected chi connectivity index (χ1v) is 9.18. The molecule has 2 amide bonds. The number of aryl methyl sites for hydroxylation is 1. The zero-order valence-corrected chi connectivity index (χ0v) is 17.1. The molecular formula is C21H25N3O5. The first-order chi connectivity index (χ1) is 13.6. The predicted octanol–water partition coefficient (Wildman–Crippen LogP) is 3.40. The van der Waals surface area contributed by atoms with Crippen LogP contribution in [0.5, 0.6) is 0 Å². The molecular weight excluding hydrogens is 374 g/mol. The Morgan fingerprint density at radius 2 is 1.76 bits per heavy atom. The van der Waals surface area contributed by atoms with Gasteiger partial charge in [-0.25, -0.2) is 9.59 Å². The third kappa shape index (κ3) is 5.31. The van der Waals surface area contributed by atoms with Gasteiger partial charge in [-0.15, -0.1) is 0 Å². The minimum atomic E-state index is -0.744. The van der Waals surface area contributed by atoms with Crippen LogP contribution < -0.4 is 10.6 Å². The lowest BCUT2D eigenvalue weighted by molar-refractivity contribution is 0.0474. The molecule has 0 radical (unpaired) electrons. The fourth-order valence-electron chi connectivity index (χ4n) is 3.03. The van der Waals surface area contributed by atoms with Crippen molar-refractivity contribution in [3.8, 4) is 0 Å². The van der Waals surface area contributed by atoms with Crippen molar-refractivity contribution < 1.29 is 23.9 Å². The summed E-state index contributed by atoms with van der Waals surface area (Å²) in [4.78, 5) is 51.4. The van der Waals surface area contributed by atoms with Crippen molar-refractivity contribution in [3.05, 3.63) is 52.3 Å². The maximum absolute atomic E-state index is 12.5. The number of para-hydroxylation sites is 1. The predicted molar refractivity (Wildman–Crippen MR) is 109 cm³/mol. The van der Waals surface area contributed by atoms with E-state index in [2.05, 4.69) is 15.6 Å². The second-order valence-electron chi connectivity index (χ2n) is 6.98. The molecule has 1 aromatic carbocycles. The second-order valence-corrected chi connectivity index (χ2v) is 6.98. The smallest absolute Gasteiger partial charge is 0.340 e. The number of hydrogen-bond acceptors (Lipinski definition) is 5. The van der Waals surface area contributed by atoms with E-state index < -0.39 is 24.4 Å². The number of benzene rings is 1. The standard InChI is InChI=1S/C21H25N3O5/c1-11(2)22-21(28)24-16-9-7-6-8-15(16)20(27)29-10-17(26)19-12(3)18(14(5)25)13(4)23-19/h6-9,11,23H,10H2,1-5H3,(H2,22,24,28). The SMILES string of the molecule is CC(=O)c1c(C)[nH]c(C(=O)COC(=O)c2ccccc2NC(=O)NC(C)C)c1C. The number of rotatable bonds is 7. The number of nitrogens with one attached hydrogen (secondary N) is 3. The van der Waals surface area contributed by atoms with Crippen molar-refractivity contribution >= 4 is 29.3 Å². The number of esters is 1. The molecule has 0 aliphatic rings. The van der Waals surface area contributed by atoms with Gasteiger partial charge >= 0.3 is 12.0 Å². The first kappa shape index (κ1) is 21.9. The van der Waals surface area contributed by atoms with Gasteiger partial charge in [-0.05, 0) is 52.3 Å². The molecule has 1 aromatic heterocycles. The van der Waals surface area contributed by atoms with E-state index in [1.807, 2.05) is 13.8 Å². The summed E-state index contributed by atoms with van der Waals surface area (Å²) in [5.41, 5.74) is 2.23. The number of aromatic amines is 1. The highest BCUT2D eigenvalue weighted by atomic mass is 16.5. The lowest BCUT2D eigenvalue weighted by Crippen LogP contribution is -2.34. The summed E-state index contributed by atoms with van der Waals surface area (Å²) in [5.74, 6) is -1.34. The summed E-state index contributed by atoms with van der Waals surface area (Å²) in [5, 5.41) is 5.26. The molecule has 0 spiro atoms. The number of H-pyrrole nitrogens is 1. The van der Waals surface area contributed by atoms with Gasteiger partial charge in [-0.2, -0.15) is 0 Å². The van der Waals surface area contributed by atoms with Crippen LogP contribution in [-0.2, 0) is 4.74 Å². The first-order valence-electron chi connectivity index (χ1n) is 9.18. The lowest BCUT2D eigenvalue weighted by Gasteiger charge is -2.13. The van der Waals surface area contributed by atoms with Crippen molar-refractivity contribution in [2.24, 2.45) is 0 Å². The molecule has 0 saturated heterocycles. The van der Waals surface area contributed by atoms with Gasteiger partial charge in [-0.3, -0.25) is 9.59 Å². The summed E-state index contributed by atoms with van der Waals surface area (Å²) in [6, 6.07) is 5.83. The summed E-state index contributed by atoms with van der Waals surface area (Å²) in [6.07, 6.45) is 0. The van der Waals surface area contributed by atoms with E-state index in [1.54, 1.807) is 32.0 Å². The number of carbonyl (C=O) groups is 4. The normalized spacial score (nSPS) is 10.6. The van der Waals surface area contributed by atoms with E-state index in [4.69, 9.17) is 4.74 Å². The van der Waals surface area contributed by atoms with Crippen molar-refractivity contribution in [2.75, 3.05) is 11.9 Å². The van der Waals surface area contributed by atoms with Gasteiger partial charge in [0.1, 0.15) is 0 Å². The van der Waals surface area contributed by atoms with Crippen LogP contribution in [0.1, 0.15) is 63.2 Å². The Morgan fingerprint density at radius 1 is 1.10 bits per heavy atom. The summed E-state index contributed by atoms with van der Waals surface area (Å²) in [7, 11) is 0. The molecule has 0 saturated carbocycles. The van der Waals surface area contributed by atoms with Gasteiger partial charge in [0.15, 0.2) is 12.4 Å². The molecule has 1 heterocycles. The van der Waals surface area contributed by atoms with Crippen LogP contribution in [0, 0.1) is 13.8 Å². The number of amides is 2. The lowest BCUT2D eigenvalue weighted by atomic mass is 10.1. The van der Waals surface area contributed by atoms with Crippen LogP contribution in [0.4, 0.5) is 10.5 Å². The Kier molecular flexibility index (Phi) is 6.93. The van der Waals surface area contributed by atoms with Crippen molar-refractivity contribution in [2.45, 2.75) is 40.7 Å². The van der Waals surface area contributed by atoms with Crippen molar-refractivity contribution in [3.63, 3.8) is 0 Å². The maximum atomic E-state index is 12.5. The molecule has 0 unspecified atom stereocenters. The molecule has 0 bridgehead atoms. The zero-order chi connectivity index (χ0) is 21.7. The van der Waals surface area contributed by atoms with Crippen LogP contribution in [0.2, 0.25) is 0 Å². The van der Waals surface area contributed by atoms with Crippen LogP contribution in [0.15, 0.2) is 24.3 Å². The third-order valence-corrected chi connectivity index (χ3v) is 4.22. The van der Waals surface area contributed by atoms with Gasteiger partial charge in [0.25, 0.3) is 0 Å². The molecule has 8 heteroatoms. The molecule has 29 heavy (non-hydrogen) atoms.